The maximum Gasteiger partial charge on any atom is 0.404 e. The van der Waals surface area contributed by atoms with Crippen LogP contribution in [0.1, 0.15) is 0 Å². The monoisotopic (exact) mass is 59.0 g/mol. The Morgan fingerprint density at radius 3 is 2.00 bits per heavy atom. The van der Waals surface area contributed by atoms with Gasteiger partial charge in [-0.05, 0) is 0 Å². The van der Waals surface area contributed by atoms with E-state index in [-0.39, 0.29) is 0 Å². The van der Waals surface area contributed by atoms with E-state index in [9.17, 15) is 0 Å². The third-order valence-electron chi connectivity index (χ3n) is 0.0816. The van der Waals surface area contributed by atoms with Gasteiger partial charge in [-0.1, -0.05) is 0 Å². The van der Waals surface area contributed by atoms with E-state index >= 15 is 0 Å². The van der Waals surface area contributed by atoms with E-state index in [0.29, 0.717) is 0 Å². The molecule has 0 aromatic rings. The van der Waals surface area contributed by atoms with E-state index in [4.69, 9.17) is 5.21 Å². The van der Waals surface area contributed by atoms with Crippen LogP contribution in [0.2, 0.25) is 0 Å². The highest BCUT2D eigenvalue weighted by atomic mass is 16.4. The molecule has 0 aromatic carbocycles. The first-order chi connectivity index (χ1) is 1.91. The molecular formula is CH3N2O+. The summed E-state index contributed by atoms with van der Waals surface area (Å²) in [6.07, 6.45) is 0. The zero-order valence-electron chi connectivity index (χ0n) is 2.30. The SMILES string of the molecule is C[N+]#[N+][O-]. The Bertz CT molecular complexity index is 42.8. The molecule has 22 valence electrons. The third-order valence-corrected chi connectivity index (χ3v) is 0.0816. The maximum atomic E-state index is 8.76. The first kappa shape index (κ1) is 3.22. The van der Waals surface area contributed by atoms with E-state index in [1.54, 1.807) is 0 Å². The van der Waals surface area contributed by atoms with Crippen molar-refractivity contribution in [3.8, 4) is 0 Å². The lowest BCUT2D eigenvalue weighted by molar-refractivity contribution is 1.85. The Morgan fingerprint density at radius 1 is 1.75 bits per heavy atom. The molecule has 0 atom stereocenters. The van der Waals surface area contributed by atoms with Gasteiger partial charge in [0.05, 0.1) is 0 Å². The molecule has 0 radical (unpaired) electrons. The van der Waals surface area contributed by atoms with Gasteiger partial charge in [0.15, 0.2) is 0 Å². The van der Waals surface area contributed by atoms with Gasteiger partial charge < -0.3 is 5.21 Å². The molecule has 4 heavy (non-hydrogen) atoms. The lowest BCUT2D eigenvalue weighted by Gasteiger charge is -1.23. The molecule has 0 aliphatic heterocycles. The quantitative estimate of drug-likeness (QED) is 0.299. The van der Waals surface area contributed by atoms with E-state index in [1.165, 1.54) is 7.05 Å². The van der Waals surface area contributed by atoms with Crippen molar-refractivity contribution >= 4 is 0 Å². The molecule has 0 aliphatic carbocycles. The summed E-state index contributed by atoms with van der Waals surface area (Å²) in [7, 11) is 1.33. The van der Waals surface area contributed by atoms with Crippen LogP contribution in [0.5, 0.6) is 0 Å². The third kappa shape index (κ3) is 1.22. The molecule has 0 amide bonds. The molecule has 0 rings (SSSR count). The fraction of sp³-hybridized carbons (Fsp3) is 1.00. The summed E-state index contributed by atoms with van der Waals surface area (Å²) in [6, 6.07) is 0. The minimum Gasteiger partial charge on any atom is -0.429 e. The summed E-state index contributed by atoms with van der Waals surface area (Å²) in [5, 5.41) is 10.9. The summed E-state index contributed by atoms with van der Waals surface area (Å²) in [5.74, 6) is 0. The number of diazo groups is 1. The summed E-state index contributed by atoms with van der Waals surface area (Å²) in [5.41, 5.74) is 0. The van der Waals surface area contributed by atoms with Gasteiger partial charge >= 0.3 is 12.2 Å². The minimum atomic E-state index is 1.33. The van der Waals surface area contributed by atoms with Crippen molar-refractivity contribution in [3.05, 3.63) is 15.3 Å². The van der Waals surface area contributed by atoms with Crippen molar-refractivity contribution in [2.75, 3.05) is 7.05 Å². The molecule has 3 heteroatoms. The number of nitrogens with zero attached hydrogens (tertiary/aromatic N) is 2. The van der Waals surface area contributed by atoms with E-state index in [1.807, 2.05) is 0 Å². The Morgan fingerprint density at radius 2 is 2.00 bits per heavy atom. The van der Waals surface area contributed by atoms with Crippen LogP contribution >= 0.6 is 0 Å². The van der Waals surface area contributed by atoms with Crippen molar-refractivity contribution in [2.24, 2.45) is 0 Å². The average molecular weight is 59.0 g/mol. The van der Waals surface area contributed by atoms with Crippen LogP contribution in [0.25, 0.3) is 10.1 Å². The summed E-state index contributed by atoms with van der Waals surface area (Å²) in [6.45, 7) is 0. The highest BCUT2D eigenvalue weighted by Crippen LogP contribution is 1.50. The van der Waals surface area contributed by atoms with Crippen LogP contribution in [0.15, 0.2) is 0 Å². The predicted molar refractivity (Wildman–Crippen MR) is 16.0 cm³/mol. The van der Waals surface area contributed by atoms with Crippen molar-refractivity contribution < 1.29 is 0 Å². The standard InChI is InChI=1S/CH3N2O/c1-2-3-4/h1H3/q+1. The van der Waals surface area contributed by atoms with E-state index in [2.05, 4.69) is 10.1 Å². The Kier molecular flexibility index (Phi) is 1.79. The molecule has 0 bridgehead atoms. The molecule has 3 nitrogen and oxygen atoms in total. The van der Waals surface area contributed by atoms with E-state index in [0.717, 1.165) is 0 Å². The van der Waals surface area contributed by atoms with Crippen LogP contribution in [0, 0.1) is 5.21 Å². The van der Waals surface area contributed by atoms with Crippen molar-refractivity contribution in [2.45, 2.75) is 0 Å². The minimum absolute atomic E-state index is 1.33. The molecule has 0 fully saturated rings. The Hall–Kier alpha value is -0.780. The van der Waals surface area contributed by atoms with Gasteiger partial charge in [0.1, 0.15) is 0 Å². The fourth-order valence-electron chi connectivity index (χ4n) is 0. The molecular weight excluding hydrogens is 56.0 g/mol. The summed E-state index contributed by atoms with van der Waals surface area (Å²) >= 11 is 0. The first-order valence-electron chi connectivity index (χ1n) is 0.830. The number of rotatable bonds is 0. The van der Waals surface area contributed by atoms with E-state index < -0.39 is 0 Å². The summed E-state index contributed by atoms with van der Waals surface area (Å²) < 4.78 is 0. The summed E-state index contributed by atoms with van der Waals surface area (Å²) in [4.78, 5) is 2.81. The van der Waals surface area contributed by atoms with Gasteiger partial charge in [0.25, 0.3) is 4.98 Å². The molecule has 0 unspecified atom stereocenters. The van der Waals surface area contributed by atoms with Gasteiger partial charge in [-0.25, -0.2) is 0 Å². The fourth-order valence-corrected chi connectivity index (χ4v) is 0. The highest BCUT2D eigenvalue weighted by molar-refractivity contribution is 4.62. The molecule has 0 heterocycles. The molecule has 0 saturated carbocycles. The second kappa shape index (κ2) is 2.22. The molecule has 0 saturated heterocycles. The Balaban J connectivity index is 2.83. The highest BCUT2D eigenvalue weighted by Gasteiger charge is 1.59. The van der Waals surface area contributed by atoms with Gasteiger partial charge in [-0.15, -0.1) is 0 Å². The molecule has 0 aliphatic rings. The first-order valence-corrected chi connectivity index (χ1v) is 0.830. The van der Waals surface area contributed by atoms with Crippen LogP contribution in [0.4, 0.5) is 0 Å². The zero-order valence-corrected chi connectivity index (χ0v) is 2.30. The van der Waals surface area contributed by atoms with Crippen LogP contribution in [-0.4, -0.2) is 7.05 Å². The Labute approximate surface area is 23.7 Å². The van der Waals surface area contributed by atoms with Gasteiger partial charge in [0, 0.05) is 0 Å². The lowest BCUT2D eigenvalue weighted by atomic mass is 11.6. The normalized spacial score (nSPS) is 3.25. The predicted octanol–water partition coefficient (Wildman–Crippen LogP) is 0.776. The largest absolute Gasteiger partial charge is 0.429 e. The molecule has 0 spiro atoms. The van der Waals surface area contributed by atoms with Crippen molar-refractivity contribution in [3.63, 3.8) is 0 Å². The van der Waals surface area contributed by atoms with Gasteiger partial charge in [-0.3, -0.25) is 0 Å². The molecule has 0 aromatic heterocycles. The zero-order chi connectivity index (χ0) is 3.41. The number of hydrogen-bond acceptors (Lipinski definition) is 1. The smallest absolute Gasteiger partial charge is 0.404 e. The lowest BCUT2D eigenvalue weighted by Crippen LogP contribution is -1.20. The number of hydrogen-bond donors (Lipinski definition) is 0. The van der Waals surface area contributed by atoms with Crippen LogP contribution < -0.4 is 0 Å². The maximum absolute atomic E-state index is 8.76. The van der Waals surface area contributed by atoms with Crippen LogP contribution in [0.3, 0.4) is 0 Å². The second-order valence-electron chi connectivity index (χ2n) is 0.282. The second-order valence-corrected chi connectivity index (χ2v) is 0.282. The average Bonchev–Trinajstić information content (AvgIpc) is 1.37. The topological polar surface area (TPSA) is 31.8 Å². The van der Waals surface area contributed by atoms with Crippen molar-refractivity contribution in [1.29, 1.82) is 0 Å². The van der Waals surface area contributed by atoms with Gasteiger partial charge in [-0.2, -0.15) is 0 Å². The van der Waals surface area contributed by atoms with Gasteiger partial charge in [0.2, 0.25) is 0 Å². The molecule has 0 N–H and O–H groups in total. The van der Waals surface area contributed by atoms with Crippen LogP contribution in [-0.2, 0) is 0 Å². The van der Waals surface area contributed by atoms with Crippen molar-refractivity contribution in [1.82, 2.24) is 0 Å².